The van der Waals surface area contributed by atoms with Crippen LogP contribution >= 0.6 is 0 Å². The Labute approximate surface area is 162 Å². The van der Waals surface area contributed by atoms with Crippen LogP contribution in [-0.2, 0) is 16.4 Å². The first-order chi connectivity index (χ1) is 12.6. The maximum Gasteiger partial charge on any atom is 0.251 e. The van der Waals surface area contributed by atoms with E-state index < -0.39 is 10.0 Å². The van der Waals surface area contributed by atoms with Gasteiger partial charge in [0.1, 0.15) is 0 Å². The molecule has 0 spiro atoms. The van der Waals surface area contributed by atoms with Crippen LogP contribution in [0.15, 0.2) is 53.4 Å². The highest BCUT2D eigenvalue weighted by molar-refractivity contribution is 7.89. The molecule has 27 heavy (non-hydrogen) atoms. The number of amides is 1. The zero-order chi connectivity index (χ0) is 20.2. The smallest absolute Gasteiger partial charge is 0.251 e. The number of carbonyl (C=O) groups excluding carboxylic acids is 1. The minimum Gasteiger partial charge on any atom is -0.346 e. The highest BCUT2D eigenvalue weighted by Crippen LogP contribution is 2.17. The summed E-state index contributed by atoms with van der Waals surface area (Å²) in [5.74, 6) is 0.370. The van der Waals surface area contributed by atoms with Gasteiger partial charge in [0.05, 0.1) is 10.9 Å². The van der Waals surface area contributed by atoms with Crippen molar-refractivity contribution in [2.45, 2.75) is 38.1 Å². The SMILES string of the molecule is CC(C)Cc1ccc([C@H](C)NC(=O)c2ccc(S(=O)(=O)N(C)C)cc2)cc1. The first kappa shape index (κ1) is 21.1. The number of nitrogens with one attached hydrogen (secondary N) is 1. The third-order valence-electron chi connectivity index (χ3n) is 4.37. The molecular weight excluding hydrogens is 360 g/mol. The summed E-state index contributed by atoms with van der Waals surface area (Å²) in [6, 6.07) is 14.1. The van der Waals surface area contributed by atoms with Crippen molar-refractivity contribution in [1.29, 1.82) is 0 Å². The minimum atomic E-state index is -3.50. The van der Waals surface area contributed by atoms with Crippen molar-refractivity contribution in [3.8, 4) is 0 Å². The zero-order valence-electron chi connectivity index (χ0n) is 16.6. The highest BCUT2D eigenvalue weighted by atomic mass is 32.2. The van der Waals surface area contributed by atoms with Gasteiger partial charge in [-0.05, 0) is 54.7 Å². The van der Waals surface area contributed by atoms with E-state index in [0.29, 0.717) is 11.5 Å². The molecule has 6 heteroatoms. The molecule has 146 valence electrons. The third-order valence-corrected chi connectivity index (χ3v) is 6.20. The lowest BCUT2D eigenvalue weighted by Crippen LogP contribution is -2.27. The Morgan fingerprint density at radius 1 is 0.963 bits per heavy atom. The maximum atomic E-state index is 12.5. The van der Waals surface area contributed by atoms with Crippen molar-refractivity contribution < 1.29 is 13.2 Å². The van der Waals surface area contributed by atoms with Crippen molar-refractivity contribution in [2.24, 2.45) is 5.92 Å². The van der Waals surface area contributed by atoms with Gasteiger partial charge in [-0.15, -0.1) is 0 Å². The molecule has 0 bridgehead atoms. The van der Waals surface area contributed by atoms with Gasteiger partial charge in [0.25, 0.3) is 5.91 Å². The largest absolute Gasteiger partial charge is 0.346 e. The fourth-order valence-corrected chi connectivity index (χ4v) is 3.67. The van der Waals surface area contributed by atoms with Gasteiger partial charge in [0.2, 0.25) is 10.0 Å². The van der Waals surface area contributed by atoms with Crippen LogP contribution in [0.4, 0.5) is 0 Å². The van der Waals surface area contributed by atoms with Crippen LogP contribution in [0.25, 0.3) is 0 Å². The summed E-state index contributed by atoms with van der Waals surface area (Å²) in [6.45, 7) is 6.30. The molecule has 0 unspecified atom stereocenters. The summed E-state index contributed by atoms with van der Waals surface area (Å²) in [5.41, 5.74) is 2.74. The topological polar surface area (TPSA) is 66.5 Å². The van der Waals surface area contributed by atoms with Crippen LogP contribution in [0.1, 0.15) is 48.3 Å². The van der Waals surface area contributed by atoms with Gasteiger partial charge >= 0.3 is 0 Å². The number of benzene rings is 2. The summed E-state index contributed by atoms with van der Waals surface area (Å²) >= 11 is 0. The van der Waals surface area contributed by atoms with Crippen LogP contribution in [0.3, 0.4) is 0 Å². The van der Waals surface area contributed by atoms with Gasteiger partial charge in [0.15, 0.2) is 0 Å². The number of hydrogen-bond donors (Lipinski definition) is 1. The molecule has 1 amide bonds. The number of rotatable bonds is 7. The standard InChI is InChI=1S/C21H28N2O3S/c1-15(2)14-17-6-8-18(9-7-17)16(3)22-21(24)19-10-12-20(13-11-19)27(25,26)23(4)5/h6-13,15-16H,14H2,1-5H3,(H,22,24)/t16-/m0/s1. The van der Waals surface area contributed by atoms with E-state index in [2.05, 4.69) is 31.3 Å². The third kappa shape index (κ3) is 5.40. The van der Waals surface area contributed by atoms with E-state index in [1.165, 1.54) is 43.9 Å². The average Bonchev–Trinajstić information content (AvgIpc) is 2.61. The first-order valence-electron chi connectivity index (χ1n) is 9.03. The van der Waals surface area contributed by atoms with Crippen molar-refractivity contribution in [2.75, 3.05) is 14.1 Å². The van der Waals surface area contributed by atoms with Crippen molar-refractivity contribution >= 4 is 15.9 Å². The van der Waals surface area contributed by atoms with Crippen molar-refractivity contribution in [1.82, 2.24) is 9.62 Å². The quantitative estimate of drug-likeness (QED) is 0.788. The van der Waals surface area contributed by atoms with Gasteiger partial charge in [0, 0.05) is 19.7 Å². The van der Waals surface area contributed by atoms with Crippen LogP contribution in [0.2, 0.25) is 0 Å². The molecular formula is C21H28N2O3S. The summed E-state index contributed by atoms with van der Waals surface area (Å²) in [5, 5.41) is 2.95. The molecule has 0 heterocycles. The van der Waals surface area contributed by atoms with E-state index >= 15 is 0 Å². The van der Waals surface area contributed by atoms with Crippen molar-refractivity contribution in [3.05, 3.63) is 65.2 Å². The fourth-order valence-electron chi connectivity index (χ4n) is 2.77. The second-order valence-electron chi connectivity index (χ2n) is 7.35. The first-order valence-corrected chi connectivity index (χ1v) is 10.5. The van der Waals surface area contributed by atoms with Crippen LogP contribution in [0.5, 0.6) is 0 Å². The number of hydrogen-bond acceptors (Lipinski definition) is 3. The van der Waals surface area contributed by atoms with Crippen LogP contribution < -0.4 is 5.32 Å². The Morgan fingerprint density at radius 3 is 2.00 bits per heavy atom. The molecule has 0 aromatic heterocycles. The molecule has 2 aromatic rings. The molecule has 1 N–H and O–H groups in total. The Balaban J connectivity index is 2.06. The second kappa shape index (κ2) is 8.67. The molecule has 0 fully saturated rings. The fraction of sp³-hybridized carbons (Fsp3) is 0.381. The summed E-state index contributed by atoms with van der Waals surface area (Å²) in [7, 11) is -0.544. The normalized spacial score (nSPS) is 13.0. The molecule has 0 aliphatic carbocycles. The predicted octanol–water partition coefficient (Wildman–Crippen LogP) is 3.63. The molecule has 0 saturated carbocycles. The Hall–Kier alpha value is -2.18. The van der Waals surface area contributed by atoms with Crippen LogP contribution in [0, 0.1) is 5.92 Å². The Bertz CT molecular complexity index is 871. The lowest BCUT2D eigenvalue weighted by Gasteiger charge is -2.16. The zero-order valence-corrected chi connectivity index (χ0v) is 17.4. The Morgan fingerprint density at radius 2 is 1.52 bits per heavy atom. The van der Waals surface area contributed by atoms with Crippen molar-refractivity contribution in [3.63, 3.8) is 0 Å². The molecule has 1 atom stereocenters. The molecule has 5 nitrogen and oxygen atoms in total. The monoisotopic (exact) mass is 388 g/mol. The lowest BCUT2D eigenvalue weighted by molar-refractivity contribution is 0.0940. The summed E-state index contributed by atoms with van der Waals surface area (Å²) in [6.07, 6.45) is 1.03. The number of carbonyl (C=O) groups is 1. The average molecular weight is 389 g/mol. The van der Waals surface area contributed by atoms with Gasteiger partial charge in [-0.2, -0.15) is 0 Å². The Kier molecular flexibility index (Phi) is 6.78. The van der Waals surface area contributed by atoms with Gasteiger partial charge in [-0.1, -0.05) is 38.1 Å². The van der Waals surface area contributed by atoms with E-state index in [-0.39, 0.29) is 16.8 Å². The lowest BCUT2D eigenvalue weighted by atomic mass is 10.00. The van der Waals surface area contributed by atoms with E-state index in [4.69, 9.17) is 0 Å². The minimum absolute atomic E-state index is 0.143. The van der Waals surface area contributed by atoms with Gasteiger partial charge in [-0.3, -0.25) is 4.79 Å². The molecule has 2 aromatic carbocycles. The van der Waals surface area contributed by atoms with Gasteiger partial charge < -0.3 is 5.32 Å². The molecule has 0 aliphatic rings. The maximum absolute atomic E-state index is 12.5. The van der Waals surface area contributed by atoms with E-state index in [1.54, 1.807) is 0 Å². The van der Waals surface area contributed by atoms with Crippen LogP contribution in [-0.4, -0.2) is 32.7 Å². The molecule has 0 aliphatic heterocycles. The van der Waals surface area contributed by atoms with E-state index in [9.17, 15) is 13.2 Å². The van der Waals surface area contributed by atoms with Gasteiger partial charge in [-0.25, -0.2) is 12.7 Å². The van der Waals surface area contributed by atoms with E-state index in [0.717, 1.165) is 16.3 Å². The molecule has 0 radical (unpaired) electrons. The van der Waals surface area contributed by atoms with E-state index in [1.807, 2.05) is 19.1 Å². The molecule has 0 saturated heterocycles. The second-order valence-corrected chi connectivity index (χ2v) is 9.50. The summed E-state index contributed by atoms with van der Waals surface area (Å²) in [4.78, 5) is 12.6. The number of sulfonamides is 1. The number of nitrogens with zero attached hydrogens (tertiary/aromatic N) is 1. The summed E-state index contributed by atoms with van der Waals surface area (Å²) < 4.78 is 25.3. The highest BCUT2D eigenvalue weighted by Gasteiger charge is 2.18. The predicted molar refractivity (Wildman–Crippen MR) is 108 cm³/mol. The molecule has 2 rings (SSSR count).